The lowest BCUT2D eigenvalue weighted by molar-refractivity contribution is 0.391. The molecule has 0 fully saturated rings. The summed E-state index contributed by atoms with van der Waals surface area (Å²) in [5.41, 5.74) is 2.64. The Balaban J connectivity index is 2.63. The second kappa shape index (κ2) is 5.87. The molecule has 0 saturated heterocycles. The van der Waals surface area contributed by atoms with E-state index < -0.39 is 0 Å². The highest BCUT2D eigenvalue weighted by molar-refractivity contribution is 5.23. The second-order valence-electron chi connectivity index (χ2n) is 6.78. The van der Waals surface area contributed by atoms with Crippen LogP contribution in [0.3, 0.4) is 0 Å². The van der Waals surface area contributed by atoms with Crippen molar-refractivity contribution in [3.8, 4) is 0 Å². The molecule has 0 aliphatic heterocycles. The van der Waals surface area contributed by atoms with E-state index in [0.717, 1.165) is 19.0 Å². The van der Waals surface area contributed by atoms with Gasteiger partial charge in [-0.05, 0) is 18.4 Å². The molecule has 3 nitrogen and oxygen atoms in total. The normalized spacial score (nSPS) is 14.2. The lowest BCUT2D eigenvalue weighted by Crippen LogP contribution is -2.25. The van der Waals surface area contributed by atoms with E-state index in [1.54, 1.807) is 0 Å². The first-order chi connectivity index (χ1) is 8.21. The quantitative estimate of drug-likeness (QED) is 0.871. The van der Waals surface area contributed by atoms with Crippen LogP contribution < -0.4 is 5.32 Å². The highest BCUT2D eigenvalue weighted by Gasteiger charge is 2.21. The minimum Gasteiger partial charge on any atom is -0.312 e. The molecule has 18 heavy (non-hydrogen) atoms. The number of hydrogen-bond acceptors (Lipinski definition) is 2. The molecule has 0 spiro atoms. The molecule has 104 valence electrons. The van der Waals surface area contributed by atoms with Gasteiger partial charge in [0.2, 0.25) is 0 Å². The van der Waals surface area contributed by atoms with Crippen LogP contribution in [0.5, 0.6) is 0 Å². The minimum atomic E-state index is 0.113. The first kappa shape index (κ1) is 15.2. The van der Waals surface area contributed by atoms with Gasteiger partial charge in [0.15, 0.2) is 0 Å². The fourth-order valence-corrected chi connectivity index (χ4v) is 1.97. The Bertz CT molecular complexity index is 372. The van der Waals surface area contributed by atoms with Gasteiger partial charge in [-0.15, -0.1) is 0 Å². The SMILES string of the molecule is CC(C)C(C)CNCc1cn(C)nc1C(C)(C)C. The van der Waals surface area contributed by atoms with Crippen molar-refractivity contribution in [3.05, 3.63) is 17.5 Å². The summed E-state index contributed by atoms with van der Waals surface area (Å²) < 4.78 is 1.92. The maximum absolute atomic E-state index is 4.59. The molecular weight excluding hydrogens is 222 g/mol. The molecule has 3 heteroatoms. The van der Waals surface area contributed by atoms with E-state index >= 15 is 0 Å². The van der Waals surface area contributed by atoms with Gasteiger partial charge in [-0.25, -0.2) is 0 Å². The van der Waals surface area contributed by atoms with Crippen molar-refractivity contribution in [1.82, 2.24) is 15.1 Å². The molecule has 1 heterocycles. The van der Waals surface area contributed by atoms with Gasteiger partial charge in [0.25, 0.3) is 0 Å². The average molecular weight is 251 g/mol. The fraction of sp³-hybridized carbons (Fsp3) is 0.800. The molecule has 1 aromatic rings. The van der Waals surface area contributed by atoms with Crippen LogP contribution in [-0.2, 0) is 19.0 Å². The number of aromatic nitrogens is 2. The van der Waals surface area contributed by atoms with Gasteiger partial charge < -0.3 is 5.32 Å². The minimum absolute atomic E-state index is 0.113. The lowest BCUT2D eigenvalue weighted by atomic mass is 9.89. The van der Waals surface area contributed by atoms with Crippen LogP contribution >= 0.6 is 0 Å². The van der Waals surface area contributed by atoms with Crippen LogP contribution in [0.15, 0.2) is 6.20 Å². The highest BCUT2D eigenvalue weighted by Crippen LogP contribution is 2.24. The zero-order chi connectivity index (χ0) is 13.9. The topological polar surface area (TPSA) is 29.9 Å². The first-order valence-corrected chi connectivity index (χ1v) is 6.95. The predicted octanol–water partition coefficient (Wildman–Crippen LogP) is 3.10. The Labute approximate surface area is 112 Å². The molecule has 0 aliphatic rings. The lowest BCUT2D eigenvalue weighted by Gasteiger charge is -2.19. The van der Waals surface area contributed by atoms with E-state index in [0.29, 0.717) is 5.92 Å². The molecule has 1 rings (SSSR count). The molecule has 1 aromatic heterocycles. The maximum Gasteiger partial charge on any atom is 0.0722 e. The average Bonchev–Trinajstić information content (AvgIpc) is 2.59. The van der Waals surface area contributed by atoms with Crippen molar-refractivity contribution >= 4 is 0 Å². The zero-order valence-corrected chi connectivity index (χ0v) is 13.0. The Morgan fingerprint density at radius 1 is 1.28 bits per heavy atom. The van der Waals surface area contributed by atoms with Gasteiger partial charge in [0, 0.05) is 30.8 Å². The van der Waals surface area contributed by atoms with Crippen molar-refractivity contribution in [3.63, 3.8) is 0 Å². The van der Waals surface area contributed by atoms with Crippen LogP contribution in [0, 0.1) is 11.8 Å². The zero-order valence-electron chi connectivity index (χ0n) is 13.0. The Kier molecular flexibility index (Phi) is 4.97. The number of hydrogen-bond donors (Lipinski definition) is 1. The second-order valence-corrected chi connectivity index (χ2v) is 6.78. The Hall–Kier alpha value is -0.830. The molecule has 0 bridgehead atoms. The summed E-state index contributed by atoms with van der Waals surface area (Å²) in [5.74, 6) is 1.44. The molecular formula is C15H29N3. The molecule has 0 aromatic carbocycles. The monoisotopic (exact) mass is 251 g/mol. The molecule has 0 amide bonds. The first-order valence-electron chi connectivity index (χ1n) is 6.95. The summed E-state index contributed by atoms with van der Waals surface area (Å²) in [4.78, 5) is 0. The summed E-state index contributed by atoms with van der Waals surface area (Å²) in [6, 6.07) is 0. The van der Waals surface area contributed by atoms with Crippen LogP contribution in [0.4, 0.5) is 0 Å². The molecule has 1 atom stereocenters. The van der Waals surface area contributed by atoms with Crippen molar-refractivity contribution < 1.29 is 0 Å². The third-order valence-corrected chi connectivity index (χ3v) is 3.53. The fourth-order valence-electron chi connectivity index (χ4n) is 1.97. The number of nitrogens with one attached hydrogen (secondary N) is 1. The Morgan fingerprint density at radius 2 is 1.89 bits per heavy atom. The van der Waals surface area contributed by atoms with Crippen molar-refractivity contribution in [2.24, 2.45) is 18.9 Å². The van der Waals surface area contributed by atoms with Gasteiger partial charge >= 0.3 is 0 Å². The van der Waals surface area contributed by atoms with Gasteiger partial charge in [0.05, 0.1) is 5.69 Å². The van der Waals surface area contributed by atoms with Crippen molar-refractivity contribution in [2.75, 3.05) is 6.54 Å². The van der Waals surface area contributed by atoms with E-state index in [-0.39, 0.29) is 5.41 Å². The molecule has 0 aliphatic carbocycles. The van der Waals surface area contributed by atoms with Gasteiger partial charge in [0.1, 0.15) is 0 Å². The summed E-state index contributed by atoms with van der Waals surface area (Å²) in [7, 11) is 2.00. The van der Waals surface area contributed by atoms with Gasteiger partial charge in [-0.1, -0.05) is 41.5 Å². The van der Waals surface area contributed by atoms with Crippen LogP contribution in [0.1, 0.15) is 52.8 Å². The number of rotatable bonds is 5. The summed E-state index contributed by atoms with van der Waals surface area (Å²) in [6.07, 6.45) is 2.13. The van der Waals surface area contributed by atoms with E-state index in [2.05, 4.69) is 58.2 Å². The van der Waals surface area contributed by atoms with Crippen LogP contribution in [0.2, 0.25) is 0 Å². The van der Waals surface area contributed by atoms with E-state index in [1.807, 2.05) is 11.7 Å². The van der Waals surface area contributed by atoms with Crippen LogP contribution in [0.25, 0.3) is 0 Å². The van der Waals surface area contributed by atoms with E-state index in [4.69, 9.17) is 0 Å². The predicted molar refractivity (Wildman–Crippen MR) is 77.6 cm³/mol. The third kappa shape index (κ3) is 4.13. The van der Waals surface area contributed by atoms with Gasteiger partial charge in [-0.3, -0.25) is 4.68 Å². The standard InChI is InChI=1S/C15H29N3/c1-11(2)12(3)8-16-9-13-10-18(7)17-14(13)15(4,5)6/h10-12,16H,8-9H2,1-7H3. The molecule has 1 N–H and O–H groups in total. The summed E-state index contributed by atoms with van der Waals surface area (Å²) >= 11 is 0. The van der Waals surface area contributed by atoms with Gasteiger partial charge in [-0.2, -0.15) is 5.10 Å². The molecule has 0 saturated carbocycles. The molecule has 1 unspecified atom stereocenters. The molecule has 0 radical (unpaired) electrons. The third-order valence-electron chi connectivity index (χ3n) is 3.53. The number of aryl methyl sites for hydroxylation is 1. The van der Waals surface area contributed by atoms with E-state index in [9.17, 15) is 0 Å². The highest BCUT2D eigenvalue weighted by atomic mass is 15.3. The van der Waals surface area contributed by atoms with Crippen molar-refractivity contribution in [2.45, 2.75) is 53.5 Å². The summed E-state index contributed by atoms with van der Waals surface area (Å²) in [5, 5.41) is 8.15. The van der Waals surface area contributed by atoms with Crippen molar-refractivity contribution in [1.29, 1.82) is 0 Å². The smallest absolute Gasteiger partial charge is 0.0722 e. The largest absolute Gasteiger partial charge is 0.312 e. The number of nitrogens with zero attached hydrogens (tertiary/aromatic N) is 2. The Morgan fingerprint density at radius 3 is 2.39 bits per heavy atom. The van der Waals surface area contributed by atoms with E-state index in [1.165, 1.54) is 11.3 Å². The van der Waals surface area contributed by atoms with Crippen LogP contribution in [-0.4, -0.2) is 16.3 Å². The summed E-state index contributed by atoms with van der Waals surface area (Å²) in [6.45, 7) is 15.5. The maximum atomic E-state index is 4.59.